The van der Waals surface area contributed by atoms with Crippen LogP contribution in [0.4, 0.5) is 0 Å². The first kappa shape index (κ1) is 19.6. The Hall–Kier alpha value is -1.68. The summed E-state index contributed by atoms with van der Waals surface area (Å²) in [6, 6.07) is 7.84. The summed E-state index contributed by atoms with van der Waals surface area (Å²) in [4.78, 5) is 24.3. The van der Waals surface area contributed by atoms with Gasteiger partial charge in [-0.25, -0.2) is 0 Å². The number of hydrogen-bond donors (Lipinski definition) is 2. The molecule has 2 N–H and O–H groups in total. The Morgan fingerprint density at radius 3 is 2.44 bits per heavy atom. The number of aryl methyl sites for hydroxylation is 1. The van der Waals surface area contributed by atoms with Crippen molar-refractivity contribution in [3.05, 3.63) is 35.4 Å². The van der Waals surface area contributed by atoms with Gasteiger partial charge in [0.25, 0.3) is 0 Å². The number of carbonyl (C=O) groups excluding carboxylic acids is 2. The van der Waals surface area contributed by atoms with E-state index in [4.69, 9.17) is 0 Å². The third kappa shape index (κ3) is 6.62. The van der Waals surface area contributed by atoms with Crippen LogP contribution in [0.1, 0.15) is 68.3 Å². The molecule has 0 bridgehead atoms. The molecule has 1 amide bonds. The highest BCUT2D eigenvalue weighted by atomic mass is 16.2. The number of ketones is 1. The molecule has 0 spiro atoms. The second kappa shape index (κ2) is 9.71. The Balaban J connectivity index is 1.72. The normalized spacial score (nSPS) is 16.4. The number of amides is 1. The largest absolute Gasteiger partial charge is 0.356 e. The van der Waals surface area contributed by atoms with Crippen LogP contribution >= 0.6 is 0 Å². The maximum atomic E-state index is 12.3. The lowest BCUT2D eigenvalue weighted by molar-refractivity contribution is -0.121. The zero-order valence-corrected chi connectivity index (χ0v) is 15.7. The summed E-state index contributed by atoms with van der Waals surface area (Å²) in [5.41, 5.74) is 2.16. The number of unbranched alkanes of at least 4 members (excludes halogenated alkanes) is 1. The highest BCUT2D eigenvalue weighted by Gasteiger charge is 2.26. The van der Waals surface area contributed by atoms with Crippen molar-refractivity contribution >= 4 is 11.7 Å². The van der Waals surface area contributed by atoms with E-state index in [0.717, 1.165) is 32.4 Å². The predicted octanol–water partition coefficient (Wildman–Crippen LogP) is 3.50. The molecule has 1 fully saturated rings. The molecule has 0 saturated carbocycles. The van der Waals surface area contributed by atoms with E-state index in [9.17, 15) is 9.59 Å². The van der Waals surface area contributed by atoms with Gasteiger partial charge in [0.05, 0.1) is 0 Å². The molecule has 0 unspecified atom stereocenters. The second-order valence-electron chi connectivity index (χ2n) is 7.56. The van der Waals surface area contributed by atoms with Crippen LogP contribution in [0.15, 0.2) is 24.3 Å². The minimum atomic E-state index is -0.0207. The maximum absolute atomic E-state index is 12.3. The smallest absolute Gasteiger partial charge is 0.220 e. The van der Waals surface area contributed by atoms with E-state index in [1.165, 1.54) is 18.4 Å². The van der Waals surface area contributed by atoms with Crippen molar-refractivity contribution in [2.45, 2.75) is 58.8 Å². The molecule has 0 aromatic heterocycles. The van der Waals surface area contributed by atoms with Crippen LogP contribution in [0.5, 0.6) is 0 Å². The molecule has 1 aliphatic rings. The van der Waals surface area contributed by atoms with E-state index < -0.39 is 0 Å². The lowest BCUT2D eigenvalue weighted by Crippen LogP contribution is -2.42. The first-order valence-electron chi connectivity index (χ1n) is 9.62. The number of nitrogens with one attached hydrogen (secondary N) is 2. The van der Waals surface area contributed by atoms with Crippen LogP contribution in [0.2, 0.25) is 0 Å². The molecule has 2 rings (SSSR count). The average Bonchev–Trinajstić information content (AvgIpc) is 2.64. The fraction of sp³-hybridized carbons (Fsp3) is 0.619. The van der Waals surface area contributed by atoms with E-state index in [-0.39, 0.29) is 29.9 Å². The molecular weight excluding hydrogens is 312 g/mol. The van der Waals surface area contributed by atoms with E-state index >= 15 is 0 Å². The monoisotopic (exact) mass is 344 g/mol. The highest BCUT2D eigenvalue weighted by Crippen LogP contribution is 2.26. The zero-order valence-electron chi connectivity index (χ0n) is 15.7. The Morgan fingerprint density at radius 2 is 1.80 bits per heavy atom. The van der Waals surface area contributed by atoms with Crippen molar-refractivity contribution in [3.8, 4) is 0 Å². The van der Waals surface area contributed by atoms with E-state index in [1.807, 2.05) is 24.3 Å². The van der Waals surface area contributed by atoms with Gasteiger partial charge in [0.1, 0.15) is 0 Å². The molecule has 0 radical (unpaired) electrons. The van der Waals surface area contributed by atoms with Gasteiger partial charge < -0.3 is 10.6 Å². The minimum Gasteiger partial charge on any atom is -0.356 e. The number of carbonyl (C=O) groups is 2. The van der Waals surface area contributed by atoms with Crippen molar-refractivity contribution in [1.82, 2.24) is 10.6 Å². The van der Waals surface area contributed by atoms with Crippen molar-refractivity contribution < 1.29 is 9.59 Å². The summed E-state index contributed by atoms with van der Waals surface area (Å²) in [5, 5.41) is 6.36. The van der Waals surface area contributed by atoms with Crippen molar-refractivity contribution in [2.75, 3.05) is 19.6 Å². The van der Waals surface area contributed by atoms with Crippen molar-refractivity contribution in [2.24, 2.45) is 5.41 Å². The van der Waals surface area contributed by atoms with E-state index in [0.29, 0.717) is 12.1 Å². The Morgan fingerprint density at radius 1 is 1.12 bits per heavy atom. The summed E-state index contributed by atoms with van der Waals surface area (Å²) in [6.07, 6.45) is 6.10. The highest BCUT2D eigenvalue weighted by molar-refractivity contribution is 5.97. The lowest BCUT2D eigenvalue weighted by Gasteiger charge is -2.34. The van der Waals surface area contributed by atoms with Gasteiger partial charge in [-0.2, -0.15) is 0 Å². The number of rotatable bonds is 9. The number of Topliss-reactive ketones (excluding diaryl/α,β-unsaturated/α-hetero) is 1. The lowest BCUT2D eigenvalue weighted by atomic mass is 9.81. The topological polar surface area (TPSA) is 58.2 Å². The van der Waals surface area contributed by atoms with Gasteiger partial charge in [-0.1, -0.05) is 44.5 Å². The number of benzene rings is 1. The van der Waals surface area contributed by atoms with Gasteiger partial charge in [-0.3, -0.25) is 9.59 Å². The molecule has 4 nitrogen and oxygen atoms in total. The van der Waals surface area contributed by atoms with Gasteiger partial charge in [0.15, 0.2) is 5.78 Å². The van der Waals surface area contributed by atoms with Crippen LogP contribution in [0, 0.1) is 5.41 Å². The van der Waals surface area contributed by atoms with Gasteiger partial charge >= 0.3 is 0 Å². The Labute approximate surface area is 151 Å². The predicted molar refractivity (Wildman–Crippen MR) is 102 cm³/mol. The summed E-state index contributed by atoms with van der Waals surface area (Å²) in [5.74, 6) is 0.0259. The minimum absolute atomic E-state index is 0.0207. The molecule has 1 saturated heterocycles. The molecule has 0 aliphatic carbocycles. The van der Waals surface area contributed by atoms with Gasteiger partial charge in [-0.05, 0) is 49.8 Å². The summed E-state index contributed by atoms with van der Waals surface area (Å²) in [6.45, 7) is 7.12. The van der Waals surface area contributed by atoms with Gasteiger partial charge in [0.2, 0.25) is 5.91 Å². The molecule has 138 valence electrons. The fourth-order valence-electron chi connectivity index (χ4n) is 3.22. The van der Waals surface area contributed by atoms with Crippen LogP contribution in [0.25, 0.3) is 0 Å². The summed E-state index contributed by atoms with van der Waals surface area (Å²) < 4.78 is 0. The third-order valence-corrected chi connectivity index (χ3v) is 5.20. The molecule has 0 atom stereocenters. The van der Waals surface area contributed by atoms with Crippen molar-refractivity contribution in [3.63, 3.8) is 0 Å². The standard InChI is InChI=1S/C21H32N2O2/c1-3-4-5-17-6-8-18(9-7-17)19(24)10-11-20(25)23-16-21(2)12-14-22-15-13-21/h6-9,22H,3-5,10-16H2,1-2H3,(H,23,25). The second-order valence-corrected chi connectivity index (χ2v) is 7.56. The quantitative estimate of drug-likeness (QED) is 0.674. The summed E-state index contributed by atoms with van der Waals surface area (Å²) in [7, 11) is 0. The molecule has 4 heteroatoms. The van der Waals surface area contributed by atoms with Gasteiger partial charge in [-0.15, -0.1) is 0 Å². The third-order valence-electron chi connectivity index (χ3n) is 5.20. The fourth-order valence-corrected chi connectivity index (χ4v) is 3.22. The first-order chi connectivity index (χ1) is 12.0. The molecule has 25 heavy (non-hydrogen) atoms. The number of piperidine rings is 1. The molecule has 1 aromatic carbocycles. The average molecular weight is 344 g/mol. The first-order valence-corrected chi connectivity index (χ1v) is 9.62. The maximum Gasteiger partial charge on any atom is 0.220 e. The Kier molecular flexibility index (Phi) is 7.63. The van der Waals surface area contributed by atoms with Crippen LogP contribution in [-0.2, 0) is 11.2 Å². The Bertz CT molecular complexity index is 560. The summed E-state index contributed by atoms with van der Waals surface area (Å²) >= 11 is 0. The van der Waals surface area contributed by atoms with Crippen LogP contribution in [0.3, 0.4) is 0 Å². The van der Waals surface area contributed by atoms with Crippen LogP contribution < -0.4 is 10.6 Å². The number of hydrogen-bond acceptors (Lipinski definition) is 3. The van der Waals surface area contributed by atoms with E-state index in [1.54, 1.807) is 0 Å². The molecule has 1 aliphatic heterocycles. The molecule has 1 aromatic rings. The molecular formula is C21H32N2O2. The zero-order chi connectivity index (χ0) is 18.1. The van der Waals surface area contributed by atoms with E-state index in [2.05, 4.69) is 24.5 Å². The SMILES string of the molecule is CCCCc1ccc(C(=O)CCC(=O)NCC2(C)CCNCC2)cc1. The van der Waals surface area contributed by atoms with Gasteiger partial charge in [0, 0.05) is 24.9 Å². The van der Waals surface area contributed by atoms with Crippen LogP contribution in [-0.4, -0.2) is 31.3 Å². The molecule has 1 heterocycles. The van der Waals surface area contributed by atoms with Crippen molar-refractivity contribution in [1.29, 1.82) is 0 Å².